The van der Waals surface area contributed by atoms with E-state index in [1.807, 2.05) is 36.4 Å². The highest BCUT2D eigenvalue weighted by Crippen LogP contribution is 2.45. The van der Waals surface area contributed by atoms with E-state index in [4.69, 9.17) is 21.0 Å². The molecule has 0 fully saturated rings. The Labute approximate surface area is 150 Å². The minimum absolute atomic E-state index is 0.210. The fourth-order valence-corrected chi connectivity index (χ4v) is 6.91. The number of hydrogen-bond donors (Lipinski definition) is 0. The van der Waals surface area contributed by atoms with Gasteiger partial charge in [0, 0.05) is 43.3 Å². The molecule has 1 aromatic rings. The zero-order valence-electron chi connectivity index (χ0n) is 14.1. The van der Waals surface area contributed by atoms with Gasteiger partial charge in [-0.1, -0.05) is 32.2 Å². The maximum Gasteiger partial charge on any atom is 0.117 e. The second-order valence-electron chi connectivity index (χ2n) is 5.47. The summed E-state index contributed by atoms with van der Waals surface area (Å²) in [4.78, 5) is 0. The second kappa shape index (κ2) is 11.4. The van der Waals surface area contributed by atoms with Crippen molar-refractivity contribution in [2.75, 3.05) is 24.6 Å². The predicted molar refractivity (Wildman–Crippen MR) is 101 cm³/mol. The van der Waals surface area contributed by atoms with Crippen molar-refractivity contribution in [3.8, 4) is 24.3 Å². The third-order valence-electron chi connectivity index (χ3n) is 3.84. The highest BCUT2D eigenvalue weighted by molar-refractivity contribution is 7.71. The minimum atomic E-state index is -2.74. The quantitative estimate of drug-likeness (QED) is 0.586. The molecule has 0 aliphatic heterocycles. The summed E-state index contributed by atoms with van der Waals surface area (Å²) in [5.41, 5.74) is 0. The van der Waals surface area contributed by atoms with Gasteiger partial charge in [0.05, 0.1) is 24.3 Å². The lowest BCUT2D eigenvalue weighted by Crippen LogP contribution is -2.15. The lowest BCUT2D eigenvalue weighted by Gasteiger charge is -2.19. The van der Waals surface area contributed by atoms with Crippen LogP contribution in [0.1, 0.15) is 25.7 Å². The van der Waals surface area contributed by atoms with Crippen LogP contribution in [0, 0.1) is 45.3 Å². The van der Waals surface area contributed by atoms with Crippen LogP contribution in [0.4, 0.5) is 0 Å². The van der Waals surface area contributed by atoms with Crippen molar-refractivity contribution in [2.45, 2.75) is 25.7 Å². The lowest BCUT2D eigenvalue weighted by molar-refractivity contribution is 0.580. The molecule has 1 rings (SSSR count). The number of rotatable bonds is 10. The smallest absolute Gasteiger partial charge is 0.117 e. The van der Waals surface area contributed by atoms with E-state index in [1.54, 1.807) is 0 Å². The largest absolute Gasteiger partial charge is 0.319 e. The topological polar surface area (TPSA) is 112 Å². The average molecular weight is 370 g/mol. The molecule has 25 heavy (non-hydrogen) atoms. The van der Waals surface area contributed by atoms with Gasteiger partial charge in [-0.3, -0.25) is 0 Å². The van der Waals surface area contributed by atoms with Gasteiger partial charge >= 0.3 is 0 Å². The van der Waals surface area contributed by atoms with Crippen molar-refractivity contribution in [1.82, 2.24) is 0 Å². The van der Waals surface area contributed by atoms with Crippen molar-refractivity contribution in [3.63, 3.8) is 0 Å². The number of benzene rings is 1. The highest BCUT2D eigenvalue weighted by atomic mass is 31.2. The van der Waals surface area contributed by atoms with Gasteiger partial charge < -0.3 is 4.57 Å². The first-order chi connectivity index (χ1) is 12.1. The zero-order valence-corrected chi connectivity index (χ0v) is 15.8. The molecule has 0 bridgehead atoms. The summed E-state index contributed by atoms with van der Waals surface area (Å²) in [5.74, 6) is 0. The van der Waals surface area contributed by atoms with Crippen LogP contribution in [0.2, 0.25) is 0 Å². The van der Waals surface area contributed by atoms with Crippen LogP contribution in [0.3, 0.4) is 0 Å². The van der Waals surface area contributed by atoms with Gasteiger partial charge in [-0.05, 0) is 17.6 Å². The molecule has 0 unspecified atom stereocenters. The molecule has 0 radical (unpaired) electrons. The Hall–Kier alpha value is -2.16. The zero-order chi connectivity index (χ0) is 18.5. The summed E-state index contributed by atoms with van der Waals surface area (Å²) in [5, 5.41) is 37.0. The van der Waals surface area contributed by atoms with Crippen molar-refractivity contribution in [2.24, 2.45) is 0 Å². The molecule has 0 aromatic heterocycles. The fourth-order valence-electron chi connectivity index (χ4n) is 2.51. The van der Waals surface area contributed by atoms with Gasteiger partial charge in [-0.15, -0.1) is 0 Å². The molecule has 0 spiro atoms. The van der Waals surface area contributed by atoms with Crippen LogP contribution in [0.5, 0.6) is 0 Å². The van der Waals surface area contributed by atoms with Gasteiger partial charge in [0.2, 0.25) is 0 Å². The molecule has 0 N–H and O–H groups in total. The molecule has 0 saturated heterocycles. The SMILES string of the molecule is N#CCCP(CCC#N)c1ccc(P(=O)(CCC#N)CCC#N)cc1. The van der Waals surface area contributed by atoms with Gasteiger partial charge in [-0.25, -0.2) is 0 Å². The Kier molecular flexibility index (Phi) is 9.53. The summed E-state index contributed by atoms with van der Waals surface area (Å²) < 4.78 is 13.2. The summed E-state index contributed by atoms with van der Waals surface area (Å²) in [7, 11) is -3.32. The number of hydrogen-bond acceptors (Lipinski definition) is 5. The normalized spacial score (nSPS) is 10.4. The van der Waals surface area contributed by atoms with Gasteiger partial charge in [0.25, 0.3) is 0 Å². The lowest BCUT2D eigenvalue weighted by atomic mass is 10.4. The molecule has 1 aromatic carbocycles. The molecule has 0 amide bonds. The van der Waals surface area contributed by atoms with Crippen molar-refractivity contribution < 1.29 is 4.57 Å². The standard InChI is InChI=1S/C18H20N4OP2/c19-9-1-13-24(14-2-10-20)17-5-7-18(8-6-17)25(23,15-3-11-21)16-4-12-22/h5-8H,1-4,13-16H2. The molecular formula is C18H20N4OP2. The van der Waals surface area contributed by atoms with E-state index in [0.717, 1.165) is 17.6 Å². The Morgan fingerprint density at radius 1 is 0.760 bits per heavy atom. The van der Waals surface area contributed by atoms with Crippen LogP contribution < -0.4 is 10.6 Å². The van der Waals surface area contributed by atoms with E-state index < -0.39 is 15.1 Å². The maximum atomic E-state index is 13.2. The van der Waals surface area contributed by atoms with Crippen molar-refractivity contribution in [1.29, 1.82) is 21.0 Å². The van der Waals surface area contributed by atoms with Crippen LogP contribution in [-0.2, 0) is 4.57 Å². The molecule has 0 atom stereocenters. The van der Waals surface area contributed by atoms with Gasteiger partial charge in [-0.2, -0.15) is 21.0 Å². The molecule has 0 aliphatic carbocycles. The molecule has 0 saturated carbocycles. The predicted octanol–water partition coefficient (Wildman–Crippen LogP) is 3.44. The van der Waals surface area contributed by atoms with Gasteiger partial charge in [0.1, 0.15) is 7.14 Å². The Morgan fingerprint density at radius 2 is 1.20 bits per heavy atom. The highest BCUT2D eigenvalue weighted by Gasteiger charge is 2.24. The van der Waals surface area contributed by atoms with E-state index in [2.05, 4.69) is 12.1 Å². The summed E-state index contributed by atoms with van der Waals surface area (Å²) in [6.07, 6.45) is 3.44. The van der Waals surface area contributed by atoms with Crippen LogP contribution in [0.25, 0.3) is 0 Å². The third-order valence-corrected chi connectivity index (χ3v) is 9.53. The van der Waals surface area contributed by atoms with Crippen molar-refractivity contribution in [3.05, 3.63) is 24.3 Å². The van der Waals surface area contributed by atoms with E-state index in [1.165, 1.54) is 0 Å². The first-order valence-electron chi connectivity index (χ1n) is 8.02. The summed E-state index contributed by atoms with van der Waals surface area (Å²) in [6, 6.07) is 15.9. The first-order valence-corrected chi connectivity index (χ1v) is 11.8. The van der Waals surface area contributed by atoms with Crippen LogP contribution in [0.15, 0.2) is 24.3 Å². The third kappa shape index (κ3) is 6.69. The number of nitrogens with zero attached hydrogens (tertiary/aromatic N) is 4. The Morgan fingerprint density at radius 3 is 1.60 bits per heavy atom. The van der Waals surface area contributed by atoms with E-state index in [-0.39, 0.29) is 12.8 Å². The molecule has 0 heterocycles. The summed E-state index contributed by atoms with van der Waals surface area (Å²) in [6.45, 7) is 0. The average Bonchev–Trinajstić information content (AvgIpc) is 2.65. The minimum Gasteiger partial charge on any atom is -0.319 e. The Balaban J connectivity index is 3.02. The van der Waals surface area contributed by atoms with E-state index in [9.17, 15) is 4.57 Å². The van der Waals surface area contributed by atoms with Crippen LogP contribution in [-0.4, -0.2) is 24.6 Å². The van der Waals surface area contributed by atoms with Crippen LogP contribution >= 0.6 is 15.1 Å². The maximum absolute atomic E-state index is 13.2. The second-order valence-corrected chi connectivity index (χ2v) is 11.2. The Bertz CT molecular complexity index is 723. The molecule has 128 valence electrons. The first kappa shape index (κ1) is 20.9. The monoisotopic (exact) mass is 370 g/mol. The molecule has 0 aliphatic rings. The molecule has 5 nitrogen and oxygen atoms in total. The van der Waals surface area contributed by atoms with Gasteiger partial charge in [0.15, 0.2) is 0 Å². The van der Waals surface area contributed by atoms with E-state index in [0.29, 0.717) is 30.5 Å². The number of nitriles is 4. The summed E-state index contributed by atoms with van der Waals surface area (Å²) >= 11 is 0. The van der Waals surface area contributed by atoms with E-state index >= 15 is 0 Å². The molecule has 7 heteroatoms. The van der Waals surface area contributed by atoms with Crippen molar-refractivity contribution >= 4 is 25.7 Å². The fraction of sp³-hybridized carbons (Fsp3) is 0.444. The molecular weight excluding hydrogens is 350 g/mol.